The molecule has 0 saturated carbocycles. The highest BCUT2D eigenvalue weighted by atomic mass is 31.2. The molecule has 0 fully saturated rings. The largest absolute Gasteiger partial charge is 0.756 e. The van der Waals surface area contributed by atoms with Crippen molar-refractivity contribution in [3.63, 3.8) is 0 Å². The molecule has 0 aromatic rings. The van der Waals surface area contributed by atoms with Gasteiger partial charge in [-0.1, -0.05) is 210 Å². The number of esters is 1. The maximum atomic E-state index is 13.4. The fourth-order valence-electron chi connectivity index (χ4n) is 7.62. The number of nitrogens with zero attached hydrogens (tertiary/aromatic N) is 1. The standard InChI is InChI=1S/C57H105N2O7P/c1-7-10-13-16-19-22-25-28-29-32-34-37-40-43-46-49-56(60)58-54(53-65-67(62,63)64-52-51-59(4,5)6)55(48-45-42-39-36-33-30-26-23-20-17-14-11-8-2)66-57(61)50-47-44-41-38-35-31-27-24-21-18-15-12-9-3/h19,22,25,28,31,35,41,44-45,48,54-55H,7-18,20-21,23-24,26-27,29-30,32-34,36-40,42-43,46-47,49-53H2,1-6H3,(H-,58,60,62,63)/b22-19+,28-25+,35-31-,44-41+,48-45+. The Morgan fingerprint density at radius 3 is 1.49 bits per heavy atom. The van der Waals surface area contributed by atoms with Crippen molar-refractivity contribution in [1.82, 2.24) is 5.32 Å². The zero-order chi connectivity index (χ0) is 49.4. The van der Waals surface area contributed by atoms with Gasteiger partial charge >= 0.3 is 5.97 Å². The van der Waals surface area contributed by atoms with E-state index in [2.05, 4.69) is 68.6 Å². The van der Waals surface area contributed by atoms with Crippen molar-refractivity contribution in [3.05, 3.63) is 60.8 Å². The third kappa shape index (κ3) is 48.5. The van der Waals surface area contributed by atoms with E-state index in [-0.39, 0.29) is 18.9 Å². The van der Waals surface area contributed by atoms with Gasteiger partial charge in [0, 0.05) is 12.8 Å². The van der Waals surface area contributed by atoms with Gasteiger partial charge in [0.05, 0.1) is 33.8 Å². The highest BCUT2D eigenvalue weighted by molar-refractivity contribution is 7.45. The Kier molecular flexibility index (Phi) is 45.8. The molecule has 1 amide bonds. The third-order valence-corrected chi connectivity index (χ3v) is 12.9. The summed E-state index contributed by atoms with van der Waals surface area (Å²) in [6.07, 6.45) is 57.6. The van der Waals surface area contributed by atoms with Gasteiger partial charge in [0.15, 0.2) is 0 Å². The van der Waals surface area contributed by atoms with Crippen molar-refractivity contribution in [2.24, 2.45) is 0 Å². The van der Waals surface area contributed by atoms with Gasteiger partial charge in [-0.15, -0.1) is 0 Å². The van der Waals surface area contributed by atoms with Gasteiger partial charge in [-0.05, 0) is 76.7 Å². The van der Waals surface area contributed by atoms with Gasteiger partial charge in [0.25, 0.3) is 7.82 Å². The Morgan fingerprint density at radius 2 is 0.970 bits per heavy atom. The second-order valence-electron chi connectivity index (χ2n) is 19.8. The fourth-order valence-corrected chi connectivity index (χ4v) is 8.35. The molecule has 0 heterocycles. The van der Waals surface area contributed by atoms with Crippen LogP contribution in [0.2, 0.25) is 0 Å². The summed E-state index contributed by atoms with van der Waals surface area (Å²) in [4.78, 5) is 39.7. The molecule has 0 radical (unpaired) electrons. The number of unbranched alkanes of at least 4 members (excludes halogenated alkanes) is 26. The summed E-state index contributed by atoms with van der Waals surface area (Å²) in [7, 11) is 1.15. The number of rotatable bonds is 49. The van der Waals surface area contributed by atoms with E-state index in [1.165, 1.54) is 116 Å². The Labute approximate surface area is 413 Å². The summed E-state index contributed by atoms with van der Waals surface area (Å²) in [5, 5.41) is 2.99. The van der Waals surface area contributed by atoms with Crippen LogP contribution in [0.3, 0.4) is 0 Å². The van der Waals surface area contributed by atoms with E-state index in [4.69, 9.17) is 13.8 Å². The number of nitrogens with one attached hydrogen (secondary N) is 1. The molecule has 3 atom stereocenters. The number of likely N-dealkylation sites (N-methyl/N-ethyl adjacent to an activating group) is 1. The minimum atomic E-state index is -4.71. The number of carbonyl (C=O) groups is 2. The predicted octanol–water partition coefficient (Wildman–Crippen LogP) is 15.7. The predicted molar refractivity (Wildman–Crippen MR) is 284 cm³/mol. The lowest BCUT2D eigenvalue weighted by Crippen LogP contribution is -2.47. The lowest BCUT2D eigenvalue weighted by Gasteiger charge is -2.30. The lowest BCUT2D eigenvalue weighted by atomic mass is 10.0. The molecule has 1 N–H and O–H groups in total. The van der Waals surface area contributed by atoms with Crippen LogP contribution in [0.1, 0.15) is 239 Å². The van der Waals surface area contributed by atoms with Crippen molar-refractivity contribution in [1.29, 1.82) is 0 Å². The van der Waals surface area contributed by atoms with E-state index in [1.54, 1.807) is 6.08 Å². The Balaban J connectivity index is 5.50. The van der Waals surface area contributed by atoms with Crippen LogP contribution < -0.4 is 10.2 Å². The van der Waals surface area contributed by atoms with Crippen molar-refractivity contribution in [2.75, 3.05) is 40.9 Å². The Morgan fingerprint density at radius 1 is 0.537 bits per heavy atom. The van der Waals surface area contributed by atoms with Crippen LogP contribution in [-0.2, 0) is 27.9 Å². The van der Waals surface area contributed by atoms with Crippen molar-refractivity contribution in [2.45, 2.75) is 251 Å². The van der Waals surface area contributed by atoms with E-state index in [9.17, 15) is 19.0 Å². The van der Waals surface area contributed by atoms with Gasteiger partial charge in [-0.25, -0.2) is 0 Å². The monoisotopic (exact) mass is 961 g/mol. The molecule has 0 aromatic heterocycles. The molecule has 0 aromatic carbocycles. The average molecular weight is 961 g/mol. The number of carbonyl (C=O) groups excluding carboxylic acids is 2. The smallest absolute Gasteiger partial charge is 0.306 e. The SMILES string of the molecule is CCCCC/C=C/C=C/CCCCCCCCC(=O)NC(COP(=O)([O-])OCC[N+](C)(C)C)C(/C=C/CCCCCCCCCCCCC)OC(=O)CC/C=C/C/C=C\CCCCCCCC. The number of hydrogen-bond donors (Lipinski definition) is 1. The van der Waals surface area contributed by atoms with Crippen LogP contribution in [0, 0.1) is 0 Å². The number of phosphoric ester groups is 1. The molecule has 0 aliphatic heterocycles. The topological polar surface area (TPSA) is 114 Å². The van der Waals surface area contributed by atoms with Gasteiger partial charge in [0.1, 0.15) is 19.3 Å². The summed E-state index contributed by atoms with van der Waals surface area (Å²) < 4.78 is 30.1. The molecule has 0 aliphatic rings. The fraction of sp³-hybridized carbons (Fsp3) is 0.789. The number of ether oxygens (including phenoxy) is 1. The zero-order valence-electron chi connectivity index (χ0n) is 44.3. The summed E-state index contributed by atoms with van der Waals surface area (Å²) in [5.74, 6) is -0.633. The lowest BCUT2D eigenvalue weighted by molar-refractivity contribution is -0.870. The van der Waals surface area contributed by atoms with E-state index >= 15 is 0 Å². The van der Waals surface area contributed by atoms with Crippen molar-refractivity contribution < 1.29 is 37.3 Å². The van der Waals surface area contributed by atoms with Crippen LogP contribution in [0.4, 0.5) is 0 Å². The molecule has 0 rings (SSSR count). The molecule has 10 heteroatoms. The highest BCUT2D eigenvalue weighted by Gasteiger charge is 2.27. The maximum Gasteiger partial charge on any atom is 0.306 e. The summed E-state index contributed by atoms with van der Waals surface area (Å²) in [5.41, 5.74) is 0. The Hall–Kier alpha value is -2.29. The van der Waals surface area contributed by atoms with Gasteiger partial charge in [0.2, 0.25) is 5.91 Å². The third-order valence-electron chi connectivity index (χ3n) is 12.0. The summed E-state index contributed by atoms with van der Waals surface area (Å²) in [6.45, 7) is 6.75. The molecular weight excluding hydrogens is 856 g/mol. The number of quaternary nitrogens is 1. The second kappa shape index (κ2) is 47.4. The van der Waals surface area contributed by atoms with Crippen molar-refractivity contribution in [3.8, 4) is 0 Å². The maximum absolute atomic E-state index is 13.4. The van der Waals surface area contributed by atoms with E-state index in [1.807, 2.05) is 33.3 Å². The molecule has 0 saturated heterocycles. The van der Waals surface area contributed by atoms with Crippen LogP contribution in [0.25, 0.3) is 0 Å². The second-order valence-corrected chi connectivity index (χ2v) is 21.2. The molecular formula is C57H105N2O7P. The van der Waals surface area contributed by atoms with E-state index in [0.29, 0.717) is 23.9 Å². The number of hydrogen-bond acceptors (Lipinski definition) is 7. The summed E-state index contributed by atoms with van der Waals surface area (Å²) in [6, 6.07) is -0.916. The highest BCUT2D eigenvalue weighted by Crippen LogP contribution is 2.38. The van der Waals surface area contributed by atoms with Crippen LogP contribution >= 0.6 is 7.82 Å². The normalized spacial score (nSPS) is 14.3. The molecule has 3 unspecified atom stereocenters. The van der Waals surface area contributed by atoms with Gasteiger partial charge in [-0.3, -0.25) is 14.2 Å². The first-order chi connectivity index (χ1) is 32.4. The van der Waals surface area contributed by atoms with Crippen LogP contribution in [0.15, 0.2) is 60.8 Å². The average Bonchev–Trinajstić information content (AvgIpc) is 3.28. The quantitative estimate of drug-likeness (QED) is 0.0161. The Bertz CT molecular complexity index is 1340. The summed E-state index contributed by atoms with van der Waals surface area (Å²) >= 11 is 0. The minimum Gasteiger partial charge on any atom is -0.756 e. The van der Waals surface area contributed by atoms with E-state index < -0.39 is 32.5 Å². The number of allylic oxidation sites excluding steroid dienone is 9. The molecule has 390 valence electrons. The molecule has 0 bridgehead atoms. The zero-order valence-corrected chi connectivity index (χ0v) is 45.2. The first kappa shape index (κ1) is 64.7. The van der Waals surface area contributed by atoms with Crippen molar-refractivity contribution >= 4 is 19.7 Å². The molecule has 0 aliphatic carbocycles. The molecule has 0 spiro atoms. The number of phosphoric acid groups is 1. The molecule has 67 heavy (non-hydrogen) atoms. The first-order valence-corrected chi connectivity index (χ1v) is 29.1. The number of amides is 1. The first-order valence-electron chi connectivity index (χ1n) is 27.6. The minimum absolute atomic E-state index is 0.0335. The van der Waals surface area contributed by atoms with Gasteiger partial charge in [-0.2, -0.15) is 0 Å². The van der Waals surface area contributed by atoms with Crippen LogP contribution in [0.5, 0.6) is 0 Å². The van der Waals surface area contributed by atoms with Crippen LogP contribution in [-0.4, -0.2) is 69.4 Å². The van der Waals surface area contributed by atoms with Gasteiger partial charge < -0.3 is 28.5 Å². The van der Waals surface area contributed by atoms with E-state index in [0.717, 1.165) is 83.5 Å². The molecule has 9 nitrogen and oxygen atoms in total.